The Labute approximate surface area is 125 Å². The number of hydrogen-bond acceptors (Lipinski definition) is 5. The van der Waals surface area contributed by atoms with Crippen molar-refractivity contribution >= 4 is 12.1 Å². The van der Waals surface area contributed by atoms with Crippen LogP contribution in [0.2, 0.25) is 0 Å². The molecule has 0 bridgehead atoms. The summed E-state index contributed by atoms with van der Waals surface area (Å²) in [4.78, 5) is 24.0. The van der Waals surface area contributed by atoms with Crippen molar-refractivity contribution < 1.29 is 38.3 Å². The number of likely N-dealkylation sites (tertiary alicyclic amines) is 1. The van der Waals surface area contributed by atoms with Gasteiger partial charge in [-0.2, -0.15) is 0 Å². The van der Waals surface area contributed by atoms with Crippen molar-refractivity contribution in [1.29, 1.82) is 0 Å². The Hall–Kier alpha value is -0.703. The molecule has 7 heteroatoms. The average molecular weight is 264 g/mol. The van der Waals surface area contributed by atoms with E-state index in [9.17, 15) is 14.7 Å². The second-order valence-electron chi connectivity index (χ2n) is 5.65. The summed E-state index contributed by atoms with van der Waals surface area (Å²) in [6.45, 7) is 6.37. The van der Waals surface area contributed by atoms with Crippen molar-refractivity contribution in [2.24, 2.45) is 11.7 Å². The minimum Gasteiger partial charge on any atom is -0.548 e. The number of nitrogens with zero attached hydrogens (tertiary/aromatic N) is 1. The summed E-state index contributed by atoms with van der Waals surface area (Å²) in [5.41, 5.74) is 5.00. The van der Waals surface area contributed by atoms with Gasteiger partial charge >= 0.3 is 25.0 Å². The summed E-state index contributed by atoms with van der Waals surface area (Å²) < 4.78 is 5.25. The molecule has 1 rings (SSSR count). The van der Waals surface area contributed by atoms with E-state index in [0.717, 1.165) is 0 Å². The van der Waals surface area contributed by atoms with Gasteiger partial charge in [0.05, 0.1) is 5.97 Å². The van der Waals surface area contributed by atoms with E-state index in [1.807, 2.05) is 20.8 Å². The second kappa shape index (κ2) is 7.18. The summed E-state index contributed by atoms with van der Waals surface area (Å²) in [7, 11) is 0. The number of carboxylic acid groups (broad SMARTS) is 1. The molecule has 1 saturated heterocycles. The summed E-state index contributed by atoms with van der Waals surface area (Å²) in [5.74, 6) is -1.36. The fraction of sp³-hybridized carbons (Fsp3) is 0.833. The Morgan fingerprint density at radius 3 is 2.16 bits per heavy atom. The third-order valence-electron chi connectivity index (χ3n) is 2.97. The molecule has 0 aliphatic carbocycles. The molecule has 6 nitrogen and oxygen atoms in total. The molecule has 2 N–H and O–H groups in total. The van der Waals surface area contributed by atoms with Crippen LogP contribution in [0.4, 0.5) is 4.79 Å². The molecule has 1 heterocycles. The number of ether oxygens (including phenoxy) is 1. The minimum atomic E-state index is -1.23. The van der Waals surface area contributed by atoms with E-state index in [-0.39, 0.29) is 30.9 Å². The first-order valence-corrected chi connectivity index (χ1v) is 6.15. The van der Waals surface area contributed by atoms with Crippen LogP contribution in [0.25, 0.3) is 0 Å². The van der Waals surface area contributed by atoms with Gasteiger partial charge < -0.3 is 25.3 Å². The van der Waals surface area contributed by atoms with Crippen LogP contribution >= 0.6 is 0 Å². The number of nitrogens with two attached hydrogens (primary N) is 1. The van der Waals surface area contributed by atoms with Gasteiger partial charge in [-0.15, -0.1) is 0 Å². The molecule has 0 aromatic rings. The average Bonchev–Trinajstić information content (AvgIpc) is 2.26. The molecule has 104 valence electrons. The maximum atomic E-state index is 11.8. The van der Waals surface area contributed by atoms with Gasteiger partial charge in [0.1, 0.15) is 5.60 Å². The summed E-state index contributed by atoms with van der Waals surface area (Å²) in [6.07, 6.45) is 0.769. The molecule has 1 fully saturated rings. The molecule has 1 amide bonds. The first kappa shape index (κ1) is 18.3. The van der Waals surface area contributed by atoms with Gasteiger partial charge in [-0.3, -0.25) is 0 Å². The SMILES string of the molecule is CC(C)(C)OC(=O)N1CCC(C(N)C(=O)[O-])CC1.[Li+]. The van der Waals surface area contributed by atoms with Gasteiger partial charge in [-0.1, -0.05) is 0 Å². The van der Waals surface area contributed by atoms with E-state index >= 15 is 0 Å². The van der Waals surface area contributed by atoms with Crippen LogP contribution in [0.5, 0.6) is 0 Å². The van der Waals surface area contributed by atoms with E-state index in [0.29, 0.717) is 25.9 Å². The van der Waals surface area contributed by atoms with Gasteiger partial charge in [0, 0.05) is 19.1 Å². The van der Waals surface area contributed by atoms with Gasteiger partial charge in [0.15, 0.2) is 0 Å². The fourth-order valence-corrected chi connectivity index (χ4v) is 1.96. The molecule has 0 aromatic carbocycles. The van der Waals surface area contributed by atoms with Gasteiger partial charge in [0.25, 0.3) is 0 Å². The van der Waals surface area contributed by atoms with Crippen LogP contribution in [0.3, 0.4) is 0 Å². The summed E-state index contributed by atoms with van der Waals surface area (Å²) >= 11 is 0. The van der Waals surface area contributed by atoms with Crippen LogP contribution in [0, 0.1) is 5.92 Å². The van der Waals surface area contributed by atoms with E-state index in [4.69, 9.17) is 10.5 Å². The summed E-state index contributed by atoms with van der Waals surface area (Å²) in [5, 5.41) is 10.7. The summed E-state index contributed by atoms with van der Waals surface area (Å²) in [6, 6.07) is -0.953. The van der Waals surface area contributed by atoms with Crippen molar-refractivity contribution in [3.8, 4) is 0 Å². The second-order valence-corrected chi connectivity index (χ2v) is 5.65. The zero-order valence-electron chi connectivity index (χ0n) is 12.1. The van der Waals surface area contributed by atoms with Crippen LogP contribution in [0.15, 0.2) is 0 Å². The van der Waals surface area contributed by atoms with E-state index in [2.05, 4.69) is 0 Å². The number of aliphatic carboxylic acids is 1. The number of carboxylic acids is 1. The number of hydrogen-bond donors (Lipinski definition) is 1. The maximum Gasteiger partial charge on any atom is 1.00 e. The van der Waals surface area contributed by atoms with Crippen molar-refractivity contribution in [2.75, 3.05) is 13.1 Å². The molecule has 1 unspecified atom stereocenters. The zero-order valence-corrected chi connectivity index (χ0v) is 12.1. The minimum absolute atomic E-state index is 0. The Bertz CT molecular complexity index is 322. The molecule has 0 saturated carbocycles. The number of carbonyl (C=O) groups is 2. The largest absolute Gasteiger partial charge is 1.00 e. The number of piperidine rings is 1. The number of rotatable bonds is 2. The molecule has 1 aliphatic heterocycles. The monoisotopic (exact) mass is 264 g/mol. The normalized spacial score (nSPS) is 18.4. The van der Waals surface area contributed by atoms with E-state index in [1.165, 1.54) is 0 Å². The molecule has 1 aliphatic rings. The first-order chi connectivity index (χ1) is 8.20. The quantitative estimate of drug-likeness (QED) is 0.527. The van der Waals surface area contributed by atoms with Crippen LogP contribution in [0.1, 0.15) is 33.6 Å². The van der Waals surface area contributed by atoms with E-state index in [1.54, 1.807) is 4.90 Å². The fourth-order valence-electron chi connectivity index (χ4n) is 1.96. The first-order valence-electron chi connectivity index (χ1n) is 6.15. The standard InChI is InChI=1S/C12H22N2O4.Li/c1-12(2,3)18-11(17)14-6-4-8(5-7-14)9(13)10(15)16;/h8-9H,4-7,13H2,1-3H3,(H,15,16);/q;+1/p-1. The van der Waals surface area contributed by atoms with Gasteiger partial charge in [-0.05, 0) is 39.5 Å². The molecule has 0 radical (unpaired) electrons. The molecule has 0 spiro atoms. The maximum absolute atomic E-state index is 11.8. The Morgan fingerprint density at radius 2 is 1.79 bits per heavy atom. The van der Waals surface area contributed by atoms with Gasteiger partial charge in [0.2, 0.25) is 0 Å². The third-order valence-corrected chi connectivity index (χ3v) is 2.97. The smallest absolute Gasteiger partial charge is 0.548 e. The van der Waals surface area contributed by atoms with Gasteiger partial charge in [-0.25, -0.2) is 4.79 Å². The molecule has 1 atom stereocenters. The Morgan fingerprint density at radius 1 is 1.32 bits per heavy atom. The molecule has 0 aromatic heterocycles. The van der Waals surface area contributed by atoms with E-state index < -0.39 is 17.6 Å². The number of carbonyl (C=O) groups excluding carboxylic acids is 2. The van der Waals surface area contributed by atoms with Crippen LogP contribution < -0.4 is 29.7 Å². The molecular formula is C12H21LiN2O4. The van der Waals surface area contributed by atoms with Crippen molar-refractivity contribution in [1.82, 2.24) is 4.90 Å². The van der Waals surface area contributed by atoms with Crippen molar-refractivity contribution in [3.63, 3.8) is 0 Å². The zero-order chi connectivity index (χ0) is 13.9. The van der Waals surface area contributed by atoms with Crippen molar-refractivity contribution in [3.05, 3.63) is 0 Å². The Balaban J connectivity index is 0.00000324. The topological polar surface area (TPSA) is 95.7 Å². The molecular weight excluding hydrogens is 243 g/mol. The van der Waals surface area contributed by atoms with Crippen LogP contribution in [-0.4, -0.2) is 41.7 Å². The Kier molecular flexibility index (Phi) is 6.91. The predicted octanol–water partition coefficient (Wildman–Crippen LogP) is -3.29. The van der Waals surface area contributed by atoms with Crippen LogP contribution in [-0.2, 0) is 9.53 Å². The third kappa shape index (κ3) is 5.85. The van der Waals surface area contributed by atoms with Crippen molar-refractivity contribution in [2.45, 2.75) is 45.3 Å². The number of amides is 1. The predicted molar refractivity (Wildman–Crippen MR) is 63.5 cm³/mol. The molecule has 19 heavy (non-hydrogen) atoms.